The van der Waals surface area contributed by atoms with E-state index < -0.39 is 0 Å². The summed E-state index contributed by atoms with van der Waals surface area (Å²) in [5.41, 5.74) is 3.32. The Labute approximate surface area is 137 Å². The molecule has 5 nitrogen and oxygen atoms in total. The fourth-order valence-corrected chi connectivity index (χ4v) is 3.52. The first kappa shape index (κ1) is 14.3. The minimum atomic E-state index is 0.0254. The Morgan fingerprint density at radius 2 is 2.17 bits per heavy atom. The third-order valence-corrected chi connectivity index (χ3v) is 4.82. The van der Waals surface area contributed by atoms with E-state index in [-0.39, 0.29) is 12.0 Å². The van der Waals surface area contributed by atoms with E-state index in [1.54, 1.807) is 10.9 Å². The highest BCUT2D eigenvalue weighted by Gasteiger charge is 2.25. The Balaban J connectivity index is 1.40. The van der Waals surface area contributed by atoms with Gasteiger partial charge < -0.3 is 14.6 Å². The number of hydrogen-bond acceptors (Lipinski definition) is 4. The first-order valence-corrected chi connectivity index (χ1v) is 8.66. The molecule has 1 aliphatic rings. The number of carbonyl (C=O) groups excluding carboxylic acids is 1. The zero-order chi connectivity index (χ0) is 15.6. The highest BCUT2D eigenvalue weighted by molar-refractivity contribution is 7.07. The van der Waals surface area contributed by atoms with Crippen molar-refractivity contribution >= 4 is 28.1 Å². The van der Waals surface area contributed by atoms with E-state index in [0.29, 0.717) is 18.8 Å². The van der Waals surface area contributed by atoms with Gasteiger partial charge in [-0.25, -0.2) is 4.98 Å². The summed E-state index contributed by atoms with van der Waals surface area (Å²) in [7, 11) is 0. The minimum Gasteiger partial charge on any atom is -0.490 e. The van der Waals surface area contributed by atoms with Crippen molar-refractivity contribution in [3.8, 4) is 5.75 Å². The number of rotatable bonds is 3. The van der Waals surface area contributed by atoms with Crippen LogP contribution in [0.1, 0.15) is 23.3 Å². The van der Waals surface area contributed by atoms with Crippen LogP contribution in [0.4, 0.5) is 0 Å². The van der Waals surface area contributed by atoms with E-state index in [0.717, 1.165) is 29.5 Å². The van der Waals surface area contributed by atoms with Crippen molar-refractivity contribution in [2.45, 2.75) is 18.9 Å². The van der Waals surface area contributed by atoms with Crippen LogP contribution < -0.4 is 4.74 Å². The van der Waals surface area contributed by atoms with Crippen LogP contribution in [0.5, 0.6) is 5.75 Å². The molecule has 1 saturated heterocycles. The van der Waals surface area contributed by atoms with Crippen LogP contribution in [0, 0.1) is 0 Å². The number of benzene rings is 1. The zero-order valence-corrected chi connectivity index (χ0v) is 13.4. The molecule has 1 fully saturated rings. The minimum absolute atomic E-state index is 0.0254. The van der Waals surface area contributed by atoms with Crippen LogP contribution in [0.2, 0.25) is 0 Å². The largest absolute Gasteiger partial charge is 0.490 e. The lowest BCUT2D eigenvalue weighted by Gasteiger charge is -2.32. The number of nitrogens with zero attached hydrogens (tertiary/aromatic N) is 2. The summed E-state index contributed by atoms with van der Waals surface area (Å²) in [6.07, 6.45) is 3.76. The average Bonchev–Trinajstić information content (AvgIpc) is 3.27. The summed E-state index contributed by atoms with van der Waals surface area (Å²) in [5.74, 6) is 0.936. The zero-order valence-electron chi connectivity index (χ0n) is 12.6. The molecule has 0 radical (unpaired) electrons. The normalized spacial score (nSPS) is 15.9. The molecule has 118 valence electrons. The third kappa shape index (κ3) is 2.82. The number of likely N-dealkylation sites (tertiary alicyclic amines) is 1. The maximum Gasteiger partial charge on any atom is 0.273 e. The maximum atomic E-state index is 12.3. The van der Waals surface area contributed by atoms with Gasteiger partial charge in [0.1, 0.15) is 17.5 Å². The highest BCUT2D eigenvalue weighted by Crippen LogP contribution is 2.27. The molecule has 0 unspecified atom stereocenters. The predicted octanol–water partition coefficient (Wildman–Crippen LogP) is 3.31. The lowest BCUT2D eigenvalue weighted by molar-refractivity contribution is 0.0593. The van der Waals surface area contributed by atoms with Crippen LogP contribution in [0.25, 0.3) is 10.9 Å². The number of hydrogen-bond donors (Lipinski definition) is 1. The average molecular weight is 327 g/mol. The van der Waals surface area contributed by atoms with Crippen LogP contribution >= 0.6 is 11.3 Å². The summed E-state index contributed by atoms with van der Waals surface area (Å²) in [6.45, 7) is 1.42. The first-order valence-electron chi connectivity index (χ1n) is 7.71. The molecular weight excluding hydrogens is 310 g/mol. The van der Waals surface area contributed by atoms with Gasteiger partial charge in [-0.3, -0.25) is 4.79 Å². The molecule has 0 spiro atoms. The van der Waals surface area contributed by atoms with Gasteiger partial charge >= 0.3 is 0 Å². The molecule has 0 saturated carbocycles. The van der Waals surface area contributed by atoms with Gasteiger partial charge in [-0.2, -0.15) is 0 Å². The number of piperidine rings is 1. The molecule has 4 rings (SSSR count). The van der Waals surface area contributed by atoms with E-state index in [1.165, 1.54) is 11.3 Å². The van der Waals surface area contributed by atoms with Crippen molar-refractivity contribution in [1.29, 1.82) is 0 Å². The van der Waals surface area contributed by atoms with E-state index in [9.17, 15) is 4.79 Å². The number of amides is 1. The molecule has 3 heterocycles. The van der Waals surface area contributed by atoms with Crippen molar-refractivity contribution in [3.05, 3.63) is 47.0 Å². The SMILES string of the molecule is O=C(c1cscn1)N1CCC(Oc2cccc3[nH]ccc23)CC1. The molecule has 2 aromatic heterocycles. The Morgan fingerprint density at radius 1 is 1.30 bits per heavy atom. The topological polar surface area (TPSA) is 58.2 Å². The Kier molecular flexibility index (Phi) is 3.75. The van der Waals surface area contributed by atoms with Gasteiger partial charge in [0.2, 0.25) is 0 Å². The lowest BCUT2D eigenvalue weighted by Crippen LogP contribution is -2.41. The van der Waals surface area contributed by atoms with Crippen LogP contribution in [0.3, 0.4) is 0 Å². The summed E-state index contributed by atoms with van der Waals surface area (Å²) in [4.78, 5) is 21.5. The highest BCUT2D eigenvalue weighted by atomic mass is 32.1. The summed E-state index contributed by atoms with van der Waals surface area (Å²) < 4.78 is 6.17. The van der Waals surface area contributed by atoms with Gasteiger partial charge in [-0.05, 0) is 18.2 Å². The van der Waals surface area contributed by atoms with Crippen molar-refractivity contribution < 1.29 is 9.53 Å². The number of carbonyl (C=O) groups is 1. The molecule has 6 heteroatoms. The number of fused-ring (bicyclic) bond motifs is 1. The summed E-state index contributed by atoms with van der Waals surface area (Å²) in [6, 6.07) is 8.07. The van der Waals surface area contributed by atoms with Crippen LogP contribution in [-0.2, 0) is 0 Å². The second-order valence-corrected chi connectivity index (χ2v) is 6.40. The molecule has 3 aromatic rings. The van der Waals surface area contributed by atoms with Gasteiger partial charge in [-0.15, -0.1) is 11.3 Å². The van der Waals surface area contributed by atoms with Gasteiger partial charge in [0.25, 0.3) is 5.91 Å². The summed E-state index contributed by atoms with van der Waals surface area (Å²) >= 11 is 1.45. The molecule has 0 aliphatic carbocycles. The standard InChI is InChI=1S/C17H17N3O2S/c21-17(15-10-23-11-19-15)20-8-5-12(6-9-20)22-16-3-1-2-14-13(16)4-7-18-14/h1-4,7,10-12,18H,5-6,8-9H2. The number of nitrogens with one attached hydrogen (secondary N) is 1. The molecule has 1 aliphatic heterocycles. The molecular formula is C17H17N3O2S. The van der Waals surface area contributed by atoms with Crippen LogP contribution in [-0.4, -0.2) is 40.0 Å². The molecule has 0 atom stereocenters. The number of H-pyrrole nitrogens is 1. The molecule has 1 N–H and O–H groups in total. The smallest absolute Gasteiger partial charge is 0.273 e. The fourth-order valence-electron chi connectivity index (χ4n) is 3.00. The van der Waals surface area contributed by atoms with Gasteiger partial charge in [0.05, 0.1) is 5.51 Å². The lowest BCUT2D eigenvalue weighted by atomic mass is 10.1. The predicted molar refractivity (Wildman–Crippen MR) is 90.0 cm³/mol. The van der Waals surface area contributed by atoms with E-state index >= 15 is 0 Å². The Morgan fingerprint density at radius 3 is 2.96 bits per heavy atom. The monoisotopic (exact) mass is 327 g/mol. The van der Waals surface area contributed by atoms with Crippen molar-refractivity contribution in [2.75, 3.05) is 13.1 Å². The second-order valence-electron chi connectivity index (χ2n) is 5.68. The van der Waals surface area contributed by atoms with E-state index in [2.05, 4.69) is 9.97 Å². The maximum absolute atomic E-state index is 12.3. The Bertz CT molecular complexity index is 804. The quantitative estimate of drug-likeness (QED) is 0.803. The molecule has 1 amide bonds. The number of thiazole rings is 1. The molecule has 23 heavy (non-hydrogen) atoms. The molecule has 0 bridgehead atoms. The fraction of sp³-hybridized carbons (Fsp3) is 0.294. The number of aromatic nitrogens is 2. The summed E-state index contributed by atoms with van der Waals surface area (Å²) in [5, 5.41) is 2.91. The van der Waals surface area contributed by atoms with Gasteiger partial charge in [0.15, 0.2) is 0 Å². The number of aromatic amines is 1. The Hall–Kier alpha value is -2.34. The molecule has 1 aromatic carbocycles. The van der Waals surface area contributed by atoms with E-state index in [1.807, 2.05) is 35.4 Å². The first-order chi connectivity index (χ1) is 11.3. The van der Waals surface area contributed by atoms with Crippen molar-refractivity contribution in [1.82, 2.24) is 14.9 Å². The van der Waals surface area contributed by atoms with Crippen molar-refractivity contribution in [3.63, 3.8) is 0 Å². The number of ether oxygens (including phenoxy) is 1. The second kappa shape index (κ2) is 6.04. The van der Waals surface area contributed by atoms with Gasteiger partial charge in [0, 0.05) is 48.4 Å². The van der Waals surface area contributed by atoms with Crippen LogP contribution in [0.15, 0.2) is 41.4 Å². The third-order valence-electron chi connectivity index (χ3n) is 4.23. The van der Waals surface area contributed by atoms with Gasteiger partial charge in [-0.1, -0.05) is 6.07 Å². The van der Waals surface area contributed by atoms with Crippen molar-refractivity contribution in [2.24, 2.45) is 0 Å². The van der Waals surface area contributed by atoms with E-state index in [4.69, 9.17) is 4.74 Å².